The van der Waals surface area contributed by atoms with Crippen molar-refractivity contribution in [3.05, 3.63) is 60.0 Å². The average Bonchev–Trinajstić information content (AvgIpc) is 3.30. The molecule has 3 aromatic rings. The molecule has 1 atom stereocenters. The van der Waals surface area contributed by atoms with E-state index in [4.69, 9.17) is 4.74 Å². The molecule has 6 nitrogen and oxygen atoms in total. The van der Waals surface area contributed by atoms with Gasteiger partial charge in [0.05, 0.1) is 19.2 Å². The molecular formula is C19H18N4O2. The van der Waals surface area contributed by atoms with E-state index < -0.39 is 0 Å². The van der Waals surface area contributed by atoms with Crippen LogP contribution >= 0.6 is 0 Å². The van der Waals surface area contributed by atoms with Crippen LogP contribution < -0.4 is 5.43 Å². The lowest BCUT2D eigenvalue weighted by atomic mass is 9.98. The molecule has 0 bridgehead atoms. The molecule has 1 N–H and O–H groups in total. The predicted octanol–water partition coefficient (Wildman–Crippen LogP) is 2.39. The van der Waals surface area contributed by atoms with E-state index in [9.17, 15) is 4.79 Å². The van der Waals surface area contributed by atoms with Crippen LogP contribution in [-0.2, 0) is 16.0 Å². The molecule has 126 valence electrons. The minimum Gasteiger partial charge on any atom is -0.469 e. The van der Waals surface area contributed by atoms with Gasteiger partial charge in [-0.15, -0.1) is 0 Å². The monoisotopic (exact) mass is 334 g/mol. The minimum absolute atomic E-state index is 0.161. The number of hydrogen-bond donors (Lipinski definition) is 1. The zero-order chi connectivity index (χ0) is 17.2. The summed E-state index contributed by atoms with van der Waals surface area (Å²) in [5.74, 6) is -0.0738. The summed E-state index contributed by atoms with van der Waals surface area (Å²) < 4.78 is 6.74. The molecule has 4 rings (SSSR count). The summed E-state index contributed by atoms with van der Waals surface area (Å²) in [6.45, 7) is 0.781. The summed E-state index contributed by atoms with van der Waals surface area (Å²) in [7, 11) is 1.39. The Hall–Kier alpha value is -3.15. The molecule has 1 aliphatic rings. The summed E-state index contributed by atoms with van der Waals surface area (Å²) in [6.07, 6.45) is 6.03. The SMILES string of the molecule is COC(=O)Cc1cn2cc(C3C=NNC3)cc(-c3ccccc3)c2n1. The molecule has 0 fully saturated rings. The first-order chi connectivity index (χ1) is 12.2. The highest BCUT2D eigenvalue weighted by Gasteiger charge is 2.18. The van der Waals surface area contributed by atoms with Crippen LogP contribution in [0.15, 0.2) is 53.9 Å². The van der Waals surface area contributed by atoms with E-state index in [1.54, 1.807) is 0 Å². The summed E-state index contributed by atoms with van der Waals surface area (Å²) in [5.41, 5.74) is 7.81. The number of benzene rings is 1. The van der Waals surface area contributed by atoms with Gasteiger partial charge in [-0.1, -0.05) is 30.3 Å². The van der Waals surface area contributed by atoms with Gasteiger partial charge in [0.1, 0.15) is 5.65 Å². The first-order valence-electron chi connectivity index (χ1n) is 8.14. The number of nitrogens with zero attached hydrogens (tertiary/aromatic N) is 3. The number of rotatable bonds is 4. The zero-order valence-electron chi connectivity index (χ0n) is 13.8. The van der Waals surface area contributed by atoms with Crippen LogP contribution in [0.1, 0.15) is 17.2 Å². The predicted molar refractivity (Wildman–Crippen MR) is 95.6 cm³/mol. The Morgan fingerprint density at radius 2 is 2.16 bits per heavy atom. The quantitative estimate of drug-likeness (QED) is 0.744. The van der Waals surface area contributed by atoms with Crippen molar-refractivity contribution in [2.75, 3.05) is 13.7 Å². The maximum atomic E-state index is 11.6. The Morgan fingerprint density at radius 3 is 2.88 bits per heavy atom. The molecule has 0 saturated heterocycles. The van der Waals surface area contributed by atoms with Crippen molar-refractivity contribution in [2.24, 2.45) is 5.10 Å². The number of carbonyl (C=O) groups excluding carboxylic acids is 1. The second kappa shape index (κ2) is 6.39. The maximum absolute atomic E-state index is 11.6. The van der Waals surface area contributed by atoms with Crippen LogP contribution in [-0.4, -0.2) is 35.2 Å². The van der Waals surface area contributed by atoms with Crippen LogP contribution in [0.2, 0.25) is 0 Å². The first kappa shape index (κ1) is 15.4. The highest BCUT2D eigenvalue weighted by molar-refractivity contribution is 5.81. The molecule has 25 heavy (non-hydrogen) atoms. The molecule has 0 radical (unpaired) electrons. The summed E-state index contributed by atoms with van der Waals surface area (Å²) >= 11 is 0. The van der Waals surface area contributed by atoms with E-state index in [1.807, 2.05) is 35.0 Å². The van der Waals surface area contributed by atoms with Crippen molar-refractivity contribution in [3.63, 3.8) is 0 Å². The van der Waals surface area contributed by atoms with Gasteiger partial charge in [0.25, 0.3) is 0 Å². The average molecular weight is 334 g/mol. The largest absolute Gasteiger partial charge is 0.469 e. The summed E-state index contributed by atoms with van der Waals surface area (Å²) in [5, 5.41) is 4.12. The van der Waals surface area contributed by atoms with Gasteiger partial charge in [0.15, 0.2) is 0 Å². The molecule has 3 heterocycles. The number of methoxy groups -OCH3 is 1. The van der Waals surface area contributed by atoms with E-state index in [0.29, 0.717) is 5.69 Å². The molecule has 0 aliphatic carbocycles. The van der Waals surface area contributed by atoms with Gasteiger partial charge >= 0.3 is 5.97 Å². The molecule has 0 spiro atoms. The van der Waals surface area contributed by atoms with E-state index >= 15 is 0 Å². The number of ether oxygens (including phenoxy) is 1. The fourth-order valence-corrected chi connectivity index (χ4v) is 3.06. The summed E-state index contributed by atoms with van der Waals surface area (Å²) in [4.78, 5) is 16.2. The number of hydrazone groups is 1. The van der Waals surface area contributed by atoms with E-state index in [0.717, 1.165) is 28.9 Å². The maximum Gasteiger partial charge on any atom is 0.311 e. The van der Waals surface area contributed by atoms with Crippen LogP contribution in [0.3, 0.4) is 0 Å². The Kier molecular flexibility index (Phi) is 3.93. The normalized spacial score (nSPS) is 16.1. The number of pyridine rings is 1. The van der Waals surface area contributed by atoms with E-state index in [2.05, 4.69) is 39.9 Å². The first-order valence-corrected chi connectivity index (χ1v) is 8.14. The second-order valence-corrected chi connectivity index (χ2v) is 6.02. The molecule has 0 amide bonds. The van der Waals surface area contributed by atoms with Crippen molar-refractivity contribution in [3.8, 4) is 11.1 Å². The van der Waals surface area contributed by atoms with Gasteiger partial charge in [-0.05, 0) is 17.2 Å². The Balaban J connectivity index is 1.86. The molecule has 1 unspecified atom stereocenters. The van der Waals surface area contributed by atoms with Gasteiger partial charge in [-0.2, -0.15) is 5.10 Å². The zero-order valence-corrected chi connectivity index (χ0v) is 13.8. The summed E-state index contributed by atoms with van der Waals surface area (Å²) in [6, 6.07) is 12.3. The third-order valence-electron chi connectivity index (χ3n) is 4.35. The molecule has 2 aromatic heterocycles. The Bertz CT molecular complexity index is 947. The number of aromatic nitrogens is 2. The van der Waals surface area contributed by atoms with Gasteiger partial charge in [-0.3, -0.25) is 4.79 Å². The second-order valence-electron chi connectivity index (χ2n) is 6.02. The fraction of sp³-hybridized carbons (Fsp3) is 0.211. The van der Waals surface area contributed by atoms with Crippen molar-refractivity contribution in [2.45, 2.75) is 12.3 Å². The number of carbonyl (C=O) groups is 1. The minimum atomic E-state index is -0.294. The number of hydrogen-bond acceptors (Lipinski definition) is 5. The lowest BCUT2D eigenvalue weighted by molar-refractivity contribution is -0.139. The smallest absolute Gasteiger partial charge is 0.311 e. The number of fused-ring (bicyclic) bond motifs is 1. The fourth-order valence-electron chi connectivity index (χ4n) is 3.06. The lowest BCUT2D eigenvalue weighted by Gasteiger charge is -2.11. The number of esters is 1. The van der Waals surface area contributed by atoms with E-state index in [1.165, 1.54) is 7.11 Å². The molecule has 1 aromatic carbocycles. The lowest BCUT2D eigenvalue weighted by Crippen LogP contribution is -2.09. The van der Waals surface area contributed by atoms with Gasteiger partial charge in [0, 0.05) is 36.6 Å². The Morgan fingerprint density at radius 1 is 1.32 bits per heavy atom. The third kappa shape index (κ3) is 2.98. The van der Waals surface area contributed by atoms with Gasteiger partial charge < -0.3 is 14.6 Å². The molecule has 1 aliphatic heterocycles. The molecule has 0 saturated carbocycles. The van der Waals surface area contributed by atoms with Crippen LogP contribution in [0, 0.1) is 0 Å². The topological polar surface area (TPSA) is 68.0 Å². The Labute approximate surface area is 145 Å². The van der Waals surface area contributed by atoms with Crippen LogP contribution in [0.4, 0.5) is 0 Å². The number of nitrogens with one attached hydrogen (secondary N) is 1. The number of imidazole rings is 1. The van der Waals surface area contributed by atoms with Crippen LogP contribution in [0.25, 0.3) is 16.8 Å². The molecular weight excluding hydrogens is 316 g/mol. The van der Waals surface area contributed by atoms with E-state index in [-0.39, 0.29) is 18.3 Å². The molecule has 6 heteroatoms. The standard InChI is InChI=1S/C19H18N4O2/c1-25-18(24)8-16-12-23-11-14(15-9-20-21-10-15)7-17(19(23)22-16)13-5-3-2-4-6-13/h2-7,9,11-12,15,21H,8,10H2,1H3. The van der Waals surface area contributed by atoms with Crippen LogP contribution in [0.5, 0.6) is 0 Å². The third-order valence-corrected chi connectivity index (χ3v) is 4.35. The van der Waals surface area contributed by atoms with Gasteiger partial charge in [0.2, 0.25) is 0 Å². The van der Waals surface area contributed by atoms with Crippen molar-refractivity contribution < 1.29 is 9.53 Å². The van der Waals surface area contributed by atoms with Gasteiger partial charge in [-0.25, -0.2) is 4.98 Å². The van der Waals surface area contributed by atoms with Crippen molar-refractivity contribution in [1.82, 2.24) is 14.8 Å². The highest BCUT2D eigenvalue weighted by Crippen LogP contribution is 2.28. The van der Waals surface area contributed by atoms with Crippen molar-refractivity contribution in [1.29, 1.82) is 0 Å². The highest BCUT2D eigenvalue weighted by atomic mass is 16.5. The van der Waals surface area contributed by atoms with Crippen molar-refractivity contribution >= 4 is 17.8 Å².